The molecule has 0 aliphatic carbocycles. The first-order valence-electron chi connectivity index (χ1n) is 5.37. The molecule has 6 nitrogen and oxygen atoms in total. The Morgan fingerprint density at radius 1 is 1.56 bits per heavy atom. The lowest BCUT2D eigenvalue weighted by atomic mass is 10.2. The SMILES string of the molecule is COC1CN(c2cc(NCCN)ncn2)C1. The van der Waals surface area contributed by atoms with Crippen molar-refractivity contribution in [2.24, 2.45) is 5.73 Å². The fourth-order valence-corrected chi connectivity index (χ4v) is 1.59. The van der Waals surface area contributed by atoms with E-state index in [2.05, 4.69) is 20.2 Å². The van der Waals surface area contributed by atoms with Crippen LogP contribution in [-0.4, -0.2) is 49.4 Å². The molecule has 0 unspecified atom stereocenters. The van der Waals surface area contributed by atoms with E-state index < -0.39 is 0 Å². The summed E-state index contributed by atoms with van der Waals surface area (Å²) in [5.41, 5.74) is 5.41. The van der Waals surface area contributed by atoms with Crippen LogP contribution in [0.1, 0.15) is 0 Å². The molecule has 0 radical (unpaired) electrons. The van der Waals surface area contributed by atoms with Crippen molar-refractivity contribution < 1.29 is 4.74 Å². The summed E-state index contributed by atoms with van der Waals surface area (Å²) in [5.74, 6) is 1.75. The summed E-state index contributed by atoms with van der Waals surface area (Å²) in [5, 5.41) is 3.13. The van der Waals surface area contributed by atoms with Crippen LogP contribution in [0.15, 0.2) is 12.4 Å². The molecule has 88 valence electrons. The average molecular weight is 223 g/mol. The minimum absolute atomic E-state index is 0.329. The van der Waals surface area contributed by atoms with Gasteiger partial charge < -0.3 is 20.7 Å². The van der Waals surface area contributed by atoms with Crippen LogP contribution < -0.4 is 16.0 Å². The Kier molecular flexibility index (Phi) is 3.53. The molecule has 0 atom stereocenters. The molecule has 0 bridgehead atoms. The van der Waals surface area contributed by atoms with Crippen molar-refractivity contribution in [2.45, 2.75) is 6.10 Å². The van der Waals surface area contributed by atoms with Gasteiger partial charge in [0.15, 0.2) is 0 Å². The molecule has 1 saturated heterocycles. The number of hydrogen-bond donors (Lipinski definition) is 2. The zero-order chi connectivity index (χ0) is 11.4. The van der Waals surface area contributed by atoms with Crippen molar-refractivity contribution in [1.82, 2.24) is 9.97 Å². The van der Waals surface area contributed by atoms with Gasteiger partial charge in [0.2, 0.25) is 0 Å². The molecule has 16 heavy (non-hydrogen) atoms. The molecule has 2 heterocycles. The highest BCUT2D eigenvalue weighted by atomic mass is 16.5. The van der Waals surface area contributed by atoms with Crippen LogP contribution in [0, 0.1) is 0 Å². The minimum atomic E-state index is 0.329. The molecular weight excluding hydrogens is 206 g/mol. The highest BCUT2D eigenvalue weighted by molar-refractivity contribution is 5.50. The molecule has 1 fully saturated rings. The summed E-state index contributed by atoms with van der Waals surface area (Å²) < 4.78 is 5.22. The number of hydrogen-bond acceptors (Lipinski definition) is 6. The Labute approximate surface area is 94.8 Å². The maximum atomic E-state index is 5.41. The quantitative estimate of drug-likeness (QED) is 0.712. The van der Waals surface area contributed by atoms with E-state index >= 15 is 0 Å². The predicted octanol–water partition coefficient (Wildman–Crippen LogP) is -0.318. The Balaban J connectivity index is 1.94. The van der Waals surface area contributed by atoms with E-state index in [-0.39, 0.29) is 0 Å². The van der Waals surface area contributed by atoms with Crippen LogP contribution in [-0.2, 0) is 4.74 Å². The summed E-state index contributed by atoms with van der Waals surface area (Å²) in [4.78, 5) is 10.5. The molecule has 1 aliphatic heterocycles. The van der Waals surface area contributed by atoms with E-state index in [9.17, 15) is 0 Å². The number of nitrogens with two attached hydrogens (primary N) is 1. The highest BCUT2D eigenvalue weighted by Gasteiger charge is 2.27. The standard InChI is InChI=1S/C10H17N5O/c1-16-8-5-15(6-8)10-4-9(12-3-2-11)13-7-14-10/h4,7-8H,2-3,5-6,11H2,1H3,(H,12,13,14). The van der Waals surface area contributed by atoms with Crippen molar-refractivity contribution in [1.29, 1.82) is 0 Å². The summed E-state index contributed by atoms with van der Waals surface area (Å²) in [6.07, 6.45) is 1.89. The first-order valence-corrected chi connectivity index (χ1v) is 5.37. The van der Waals surface area contributed by atoms with Gasteiger partial charge in [0.25, 0.3) is 0 Å². The van der Waals surface area contributed by atoms with Crippen LogP contribution in [0.5, 0.6) is 0 Å². The van der Waals surface area contributed by atoms with Gasteiger partial charge in [0.1, 0.15) is 18.0 Å². The summed E-state index contributed by atoms with van der Waals surface area (Å²) in [7, 11) is 1.73. The number of rotatable bonds is 5. The van der Waals surface area contributed by atoms with Crippen LogP contribution in [0.4, 0.5) is 11.6 Å². The molecule has 2 rings (SSSR count). The van der Waals surface area contributed by atoms with Crippen LogP contribution in [0.25, 0.3) is 0 Å². The van der Waals surface area contributed by atoms with Crippen molar-refractivity contribution >= 4 is 11.6 Å². The lowest BCUT2D eigenvalue weighted by Gasteiger charge is -2.38. The van der Waals surface area contributed by atoms with Crippen molar-refractivity contribution in [3.63, 3.8) is 0 Å². The second-order valence-corrected chi connectivity index (χ2v) is 3.74. The van der Waals surface area contributed by atoms with E-state index in [1.54, 1.807) is 13.4 Å². The topological polar surface area (TPSA) is 76.3 Å². The second-order valence-electron chi connectivity index (χ2n) is 3.74. The van der Waals surface area contributed by atoms with E-state index in [0.29, 0.717) is 12.6 Å². The normalized spacial score (nSPS) is 16.0. The minimum Gasteiger partial charge on any atom is -0.378 e. The third kappa shape index (κ3) is 2.40. The molecule has 0 saturated carbocycles. The molecule has 3 N–H and O–H groups in total. The van der Waals surface area contributed by atoms with Gasteiger partial charge in [-0.05, 0) is 0 Å². The first-order chi connectivity index (χ1) is 7.83. The Morgan fingerprint density at radius 2 is 2.38 bits per heavy atom. The monoisotopic (exact) mass is 223 g/mol. The molecule has 6 heteroatoms. The Bertz CT molecular complexity index is 340. The maximum absolute atomic E-state index is 5.41. The zero-order valence-corrected chi connectivity index (χ0v) is 9.39. The van der Waals surface area contributed by atoms with Gasteiger partial charge in [-0.15, -0.1) is 0 Å². The van der Waals surface area contributed by atoms with Crippen molar-refractivity contribution in [3.05, 3.63) is 12.4 Å². The van der Waals surface area contributed by atoms with Gasteiger partial charge in [0, 0.05) is 39.4 Å². The third-order valence-corrected chi connectivity index (χ3v) is 2.61. The zero-order valence-electron chi connectivity index (χ0n) is 9.39. The van der Waals surface area contributed by atoms with Crippen LogP contribution in [0.2, 0.25) is 0 Å². The molecule has 0 amide bonds. The van der Waals surface area contributed by atoms with Gasteiger partial charge in [-0.25, -0.2) is 9.97 Å². The predicted molar refractivity (Wildman–Crippen MR) is 62.6 cm³/mol. The highest BCUT2D eigenvalue weighted by Crippen LogP contribution is 2.21. The number of aromatic nitrogens is 2. The van der Waals surface area contributed by atoms with Gasteiger partial charge in [-0.2, -0.15) is 0 Å². The van der Waals surface area contributed by atoms with E-state index in [1.165, 1.54) is 0 Å². The Morgan fingerprint density at radius 3 is 3.06 bits per heavy atom. The Hall–Kier alpha value is -1.40. The molecule has 1 aliphatic rings. The maximum Gasteiger partial charge on any atom is 0.134 e. The lowest BCUT2D eigenvalue weighted by molar-refractivity contribution is 0.0783. The molecule has 1 aromatic heterocycles. The van der Waals surface area contributed by atoms with Gasteiger partial charge >= 0.3 is 0 Å². The summed E-state index contributed by atoms with van der Waals surface area (Å²) >= 11 is 0. The molecule has 1 aromatic rings. The van der Waals surface area contributed by atoms with Crippen molar-refractivity contribution in [3.8, 4) is 0 Å². The first kappa shape index (κ1) is 11.1. The van der Waals surface area contributed by atoms with Crippen molar-refractivity contribution in [2.75, 3.05) is 43.5 Å². The average Bonchev–Trinajstić information content (AvgIpc) is 2.26. The van der Waals surface area contributed by atoms with Gasteiger partial charge in [0.05, 0.1) is 6.10 Å². The number of methoxy groups -OCH3 is 1. The number of nitrogens with one attached hydrogen (secondary N) is 1. The van der Waals surface area contributed by atoms with E-state index in [4.69, 9.17) is 10.5 Å². The molecule has 0 spiro atoms. The number of ether oxygens (including phenoxy) is 1. The van der Waals surface area contributed by atoms with Gasteiger partial charge in [-0.3, -0.25) is 0 Å². The van der Waals surface area contributed by atoms with Crippen LogP contribution in [0.3, 0.4) is 0 Å². The van der Waals surface area contributed by atoms with Gasteiger partial charge in [-0.1, -0.05) is 0 Å². The largest absolute Gasteiger partial charge is 0.378 e. The fourth-order valence-electron chi connectivity index (χ4n) is 1.59. The lowest BCUT2D eigenvalue weighted by Crippen LogP contribution is -2.52. The fraction of sp³-hybridized carbons (Fsp3) is 0.600. The number of nitrogens with zero attached hydrogens (tertiary/aromatic N) is 3. The summed E-state index contributed by atoms with van der Waals surface area (Å²) in [6, 6.07) is 1.93. The summed E-state index contributed by atoms with van der Waals surface area (Å²) in [6.45, 7) is 3.10. The van der Waals surface area contributed by atoms with E-state index in [1.807, 2.05) is 6.07 Å². The molecule has 0 aromatic carbocycles. The van der Waals surface area contributed by atoms with E-state index in [0.717, 1.165) is 31.3 Å². The molecular formula is C10H17N5O. The third-order valence-electron chi connectivity index (χ3n) is 2.61. The smallest absolute Gasteiger partial charge is 0.134 e. The second kappa shape index (κ2) is 5.09. The van der Waals surface area contributed by atoms with Crippen LogP contribution >= 0.6 is 0 Å². The number of anilines is 2.